The van der Waals surface area contributed by atoms with Crippen LogP contribution >= 0.6 is 0 Å². The Kier molecular flexibility index (Phi) is 7.43. The predicted molar refractivity (Wildman–Crippen MR) is 132 cm³/mol. The number of hydrogen-bond acceptors (Lipinski definition) is 6. The van der Waals surface area contributed by atoms with Gasteiger partial charge in [-0.15, -0.1) is 0 Å². The van der Waals surface area contributed by atoms with Crippen LogP contribution in [0.25, 0.3) is 11.3 Å². The van der Waals surface area contributed by atoms with Crippen molar-refractivity contribution in [3.8, 4) is 22.9 Å². The molecule has 186 valence electrons. The molecule has 1 saturated carbocycles. The van der Waals surface area contributed by atoms with Gasteiger partial charge < -0.3 is 14.6 Å². The average Bonchev–Trinajstić information content (AvgIpc) is 3.66. The maximum atomic E-state index is 13.9. The largest absolute Gasteiger partial charge is 0.439 e. The topological polar surface area (TPSA) is 63.0 Å². The second-order valence-electron chi connectivity index (χ2n) is 9.41. The summed E-state index contributed by atoms with van der Waals surface area (Å²) in [6, 6.07) is 16.6. The highest BCUT2D eigenvalue weighted by Crippen LogP contribution is 2.37. The van der Waals surface area contributed by atoms with Gasteiger partial charge >= 0.3 is 0 Å². The molecule has 1 unspecified atom stereocenters. The monoisotopic (exact) mass is 480 g/mol. The molecule has 2 aromatic carbocycles. The molecule has 2 heterocycles. The summed E-state index contributed by atoms with van der Waals surface area (Å²) in [5.74, 6) is 0.669. The number of rotatable bonds is 10. The third-order valence-electron chi connectivity index (χ3n) is 6.59. The third-order valence-corrected chi connectivity index (χ3v) is 6.59. The van der Waals surface area contributed by atoms with Crippen molar-refractivity contribution in [1.29, 1.82) is 0 Å². The van der Waals surface area contributed by atoms with Gasteiger partial charge in [-0.25, -0.2) is 9.07 Å². The summed E-state index contributed by atoms with van der Waals surface area (Å²) in [7, 11) is 1.85. The normalized spacial score (nSPS) is 17.6. The van der Waals surface area contributed by atoms with E-state index in [1.807, 2.05) is 37.4 Å². The number of halogens is 1. The van der Waals surface area contributed by atoms with Crippen molar-refractivity contribution in [2.75, 3.05) is 39.4 Å². The molecule has 0 spiro atoms. The molecule has 7 nitrogen and oxygen atoms in total. The molecule has 1 aliphatic heterocycles. The second kappa shape index (κ2) is 10.9. The first-order valence-electron chi connectivity index (χ1n) is 12.3. The number of hydrogen-bond donors (Lipinski definition) is 1. The maximum Gasteiger partial charge on any atom is 0.222 e. The Balaban J connectivity index is 1.41. The Morgan fingerprint density at radius 2 is 1.91 bits per heavy atom. The van der Waals surface area contributed by atoms with Gasteiger partial charge in [-0.3, -0.25) is 9.80 Å². The molecule has 1 atom stereocenters. The van der Waals surface area contributed by atoms with Crippen LogP contribution in [0.1, 0.15) is 18.4 Å². The molecule has 1 aromatic heterocycles. The maximum absolute atomic E-state index is 13.9. The second-order valence-corrected chi connectivity index (χ2v) is 9.41. The quantitative estimate of drug-likeness (QED) is 0.478. The molecule has 0 radical (unpaired) electrons. The van der Waals surface area contributed by atoms with Crippen molar-refractivity contribution in [1.82, 2.24) is 19.6 Å². The molecule has 0 bridgehead atoms. The first-order chi connectivity index (χ1) is 17.1. The van der Waals surface area contributed by atoms with Crippen molar-refractivity contribution in [2.24, 2.45) is 7.05 Å². The van der Waals surface area contributed by atoms with Crippen LogP contribution in [0.2, 0.25) is 0 Å². The molecule has 35 heavy (non-hydrogen) atoms. The SMILES string of the molecule is Cn1nc(-c2ccccc2)c(CN(CC(O)CN2CCOCC2)C2CC2)c1Oc1cccc(F)c1. The lowest BCUT2D eigenvalue weighted by Crippen LogP contribution is -2.45. The number of ether oxygens (including phenoxy) is 2. The number of nitrogens with zero attached hydrogens (tertiary/aromatic N) is 4. The Morgan fingerprint density at radius 3 is 2.63 bits per heavy atom. The summed E-state index contributed by atoms with van der Waals surface area (Å²) in [5, 5.41) is 15.7. The fourth-order valence-electron chi connectivity index (χ4n) is 4.69. The zero-order valence-corrected chi connectivity index (χ0v) is 20.1. The zero-order valence-electron chi connectivity index (χ0n) is 20.1. The summed E-state index contributed by atoms with van der Waals surface area (Å²) in [5.41, 5.74) is 2.78. The lowest BCUT2D eigenvalue weighted by molar-refractivity contribution is 0.00547. The highest BCUT2D eigenvalue weighted by molar-refractivity contribution is 5.65. The van der Waals surface area contributed by atoms with Crippen LogP contribution < -0.4 is 4.74 Å². The minimum atomic E-state index is -0.460. The van der Waals surface area contributed by atoms with E-state index in [0.29, 0.717) is 37.3 Å². The number of β-amino-alcohol motifs (C(OH)–C–C–N with tert-alkyl or cyclic N) is 1. The Labute approximate surface area is 205 Å². The van der Waals surface area contributed by atoms with Gasteiger partial charge in [0.25, 0.3) is 0 Å². The van der Waals surface area contributed by atoms with Gasteiger partial charge in [-0.2, -0.15) is 5.10 Å². The molecule has 0 amide bonds. The Bertz CT molecular complexity index is 1110. The van der Waals surface area contributed by atoms with Crippen LogP contribution in [-0.2, 0) is 18.3 Å². The minimum absolute atomic E-state index is 0.347. The molecular formula is C27H33FN4O3. The van der Waals surface area contributed by atoms with E-state index in [1.54, 1.807) is 16.8 Å². The lowest BCUT2D eigenvalue weighted by Gasteiger charge is -2.31. The molecule has 8 heteroatoms. The van der Waals surface area contributed by atoms with Crippen LogP contribution in [0.5, 0.6) is 11.6 Å². The molecule has 5 rings (SSSR count). The molecule has 1 aliphatic carbocycles. The van der Waals surface area contributed by atoms with E-state index in [0.717, 1.165) is 56.0 Å². The van der Waals surface area contributed by atoms with Crippen LogP contribution in [0.4, 0.5) is 4.39 Å². The Morgan fingerprint density at radius 1 is 1.14 bits per heavy atom. The Hall–Kier alpha value is -2.78. The fourth-order valence-corrected chi connectivity index (χ4v) is 4.69. The lowest BCUT2D eigenvalue weighted by atomic mass is 10.1. The standard InChI is InChI=1S/C27H33FN4O3/c1-30-27(35-24-9-5-8-21(28)16-24)25(26(29-30)20-6-3-2-4-7-20)19-32(22-10-11-22)18-23(33)17-31-12-14-34-15-13-31/h2-9,16,22-23,33H,10-15,17-19H2,1H3. The summed E-state index contributed by atoms with van der Waals surface area (Å²) < 4.78 is 27.2. The number of aliphatic hydroxyl groups is 1. The van der Waals surface area contributed by atoms with E-state index in [-0.39, 0.29) is 5.82 Å². The summed E-state index contributed by atoms with van der Waals surface area (Å²) in [6.45, 7) is 4.95. The van der Waals surface area contributed by atoms with E-state index < -0.39 is 6.10 Å². The van der Waals surface area contributed by atoms with Gasteiger partial charge in [-0.05, 0) is 25.0 Å². The highest BCUT2D eigenvalue weighted by Gasteiger charge is 2.33. The van der Waals surface area contributed by atoms with Crippen molar-refractivity contribution in [3.05, 3.63) is 66.0 Å². The molecule has 2 aliphatic rings. The number of aromatic nitrogens is 2. The molecule has 2 fully saturated rings. The number of benzene rings is 2. The number of morpholine rings is 1. The van der Waals surface area contributed by atoms with Gasteiger partial charge in [0, 0.05) is 57.4 Å². The van der Waals surface area contributed by atoms with Gasteiger partial charge in [0.15, 0.2) is 0 Å². The summed E-state index contributed by atoms with van der Waals surface area (Å²) in [6.07, 6.45) is 1.77. The van der Waals surface area contributed by atoms with Crippen molar-refractivity contribution < 1.29 is 19.0 Å². The first kappa shape index (κ1) is 23.9. The predicted octanol–water partition coefficient (Wildman–Crippen LogP) is 3.68. The average molecular weight is 481 g/mol. The molecule has 3 aromatic rings. The first-order valence-corrected chi connectivity index (χ1v) is 12.3. The van der Waals surface area contributed by atoms with Crippen molar-refractivity contribution in [2.45, 2.75) is 31.5 Å². The minimum Gasteiger partial charge on any atom is -0.439 e. The van der Waals surface area contributed by atoms with Crippen LogP contribution in [0, 0.1) is 5.82 Å². The van der Waals surface area contributed by atoms with Crippen molar-refractivity contribution >= 4 is 0 Å². The molecular weight excluding hydrogens is 447 g/mol. The zero-order chi connectivity index (χ0) is 24.2. The van der Waals surface area contributed by atoms with Crippen LogP contribution in [-0.4, -0.2) is 76.2 Å². The highest BCUT2D eigenvalue weighted by atomic mass is 19.1. The third kappa shape index (κ3) is 6.08. The number of aliphatic hydroxyl groups excluding tert-OH is 1. The van der Waals surface area contributed by atoms with Crippen molar-refractivity contribution in [3.63, 3.8) is 0 Å². The fraction of sp³-hybridized carbons (Fsp3) is 0.444. The van der Waals surface area contributed by atoms with E-state index in [9.17, 15) is 9.50 Å². The van der Waals surface area contributed by atoms with Crippen LogP contribution in [0.3, 0.4) is 0 Å². The van der Waals surface area contributed by atoms with Crippen LogP contribution in [0.15, 0.2) is 54.6 Å². The van der Waals surface area contributed by atoms with E-state index in [1.165, 1.54) is 12.1 Å². The molecule has 1 saturated heterocycles. The smallest absolute Gasteiger partial charge is 0.222 e. The van der Waals surface area contributed by atoms with Gasteiger partial charge in [0.2, 0.25) is 5.88 Å². The summed E-state index contributed by atoms with van der Waals surface area (Å²) >= 11 is 0. The molecule has 1 N–H and O–H groups in total. The number of aryl methyl sites for hydroxylation is 1. The van der Waals surface area contributed by atoms with Gasteiger partial charge in [-0.1, -0.05) is 36.4 Å². The summed E-state index contributed by atoms with van der Waals surface area (Å²) in [4.78, 5) is 4.60. The van der Waals surface area contributed by atoms with E-state index in [2.05, 4.69) is 9.80 Å². The van der Waals surface area contributed by atoms with E-state index >= 15 is 0 Å². The van der Waals surface area contributed by atoms with Gasteiger partial charge in [0.05, 0.1) is 24.9 Å². The van der Waals surface area contributed by atoms with E-state index in [4.69, 9.17) is 14.6 Å². The van der Waals surface area contributed by atoms with Gasteiger partial charge in [0.1, 0.15) is 17.3 Å².